The number of aliphatic hydroxyl groups is 1. The van der Waals surface area contributed by atoms with E-state index in [0.717, 1.165) is 23.2 Å². The van der Waals surface area contributed by atoms with Crippen molar-refractivity contribution in [3.05, 3.63) is 54.6 Å². The Morgan fingerprint density at radius 2 is 2.05 bits per heavy atom. The van der Waals surface area contributed by atoms with Crippen molar-refractivity contribution in [3.63, 3.8) is 0 Å². The fraction of sp³-hybridized carbons (Fsp3) is 0.567. The number of aliphatic hydroxyl groups excluding tert-OH is 1. The van der Waals surface area contributed by atoms with Crippen LogP contribution in [0.4, 0.5) is 5.69 Å². The lowest BCUT2D eigenvalue weighted by molar-refractivity contribution is -0.154. The predicted octanol–water partition coefficient (Wildman–Crippen LogP) is 4.05. The number of thioether (sulfide) groups is 1. The molecular weight excluding hydrogens is 500 g/mol. The highest BCUT2D eigenvalue weighted by Gasteiger charge is 2.77. The van der Waals surface area contributed by atoms with Gasteiger partial charge in [-0.25, -0.2) is 0 Å². The number of esters is 1. The number of ether oxygens (including phenoxy) is 1. The van der Waals surface area contributed by atoms with Gasteiger partial charge in [-0.2, -0.15) is 0 Å². The fourth-order valence-electron chi connectivity index (χ4n) is 6.75. The first-order chi connectivity index (χ1) is 18.2. The summed E-state index contributed by atoms with van der Waals surface area (Å²) in [4.78, 5) is 45.6. The van der Waals surface area contributed by atoms with E-state index in [0.29, 0.717) is 12.8 Å². The van der Waals surface area contributed by atoms with Gasteiger partial charge in [-0.3, -0.25) is 14.4 Å². The van der Waals surface area contributed by atoms with E-state index < -0.39 is 28.7 Å². The Hall–Kier alpha value is -2.58. The smallest absolute Gasteiger partial charge is 0.310 e. The fourth-order valence-corrected chi connectivity index (χ4v) is 9.14. The summed E-state index contributed by atoms with van der Waals surface area (Å²) in [6, 6.07) is 4.65. The molecule has 7 nitrogen and oxygen atoms in total. The first-order valence-corrected chi connectivity index (χ1v) is 14.4. The van der Waals surface area contributed by atoms with Crippen LogP contribution in [0.1, 0.15) is 44.2 Å². The van der Waals surface area contributed by atoms with Crippen LogP contribution in [0, 0.1) is 31.6 Å². The van der Waals surface area contributed by atoms with Crippen LogP contribution in [0.15, 0.2) is 43.5 Å². The average molecular weight is 541 g/mol. The number of rotatable bonds is 11. The molecule has 0 aliphatic carbocycles. The summed E-state index contributed by atoms with van der Waals surface area (Å²) in [6.45, 7) is 15.8. The number of anilines is 1. The van der Waals surface area contributed by atoms with Crippen molar-refractivity contribution in [2.24, 2.45) is 17.8 Å². The van der Waals surface area contributed by atoms with Gasteiger partial charge in [0.05, 0.1) is 35.8 Å². The number of hydrogen-bond acceptors (Lipinski definition) is 6. The summed E-state index contributed by atoms with van der Waals surface area (Å²) < 4.78 is 4.81. The van der Waals surface area contributed by atoms with Gasteiger partial charge in [0, 0.05) is 17.5 Å². The summed E-state index contributed by atoms with van der Waals surface area (Å²) in [6.07, 6.45) is 5.16. The van der Waals surface area contributed by atoms with Gasteiger partial charge in [0.25, 0.3) is 5.91 Å². The molecule has 7 atom stereocenters. The molecule has 1 spiro atoms. The van der Waals surface area contributed by atoms with E-state index in [-0.39, 0.29) is 48.7 Å². The molecule has 2 bridgehead atoms. The third-order valence-corrected chi connectivity index (χ3v) is 10.6. The van der Waals surface area contributed by atoms with E-state index in [4.69, 9.17) is 4.74 Å². The summed E-state index contributed by atoms with van der Waals surface area (Å²) in [5.74, 6) is -2.05. The summed E-state index contributed by atoms with van der Waals surface area (Å²) >= 11 is 1.62. The molecule has 0 aromatic heterocycles. The average Bonchev–Trinajstić information content (AvgIpc) is 3.49. The van der Waals surface area contributed by atoms with E-state index in [2.05, 4.69) is 20.1 Å². The van der Waals surface area contributed by atoms with E-state index in [1.54, 1.807) is 33.7 Å². The van der Waals surface area contributed by atoms with E-state index in [1.165, 1.54) is 0 Å². The number of amides is 2. The quantitative estimate of drug-likeness (QED) is 0.259. The number of fused-ring (bicyclic) bond motifs is 1. The van der Waals surface area contributed by atoms with Gasteiger partial charge in [-0.15, -0.1) is 24.9 Å². The first kappa shape index (κ1) is 28.4. The lowest BCUT2D eigenvalue weighted by atomic mass is 9.66. The second-order valence-corrected chi connectivity index (χ2v) is 12.4. The standard InChI is InChI=1S/C30H40N2O5S/c1-7-10-14-37-29(36)24-23-16-20(6)30(38-23)25(24)27(34)32(21(9-3)17-33)26(30)28(35)31(13-8-2)22-15-18(4)11-12-19(22)5/h7-8,11-12,15,20-21,23-26,33H,1-2,9-10,13-14,16-17H2,3-6H3/t20?,21-,23+,24-,25-,26?,30?/m0/s1. The third-order valence-electron chi connectivity index (χ3n) is 8.56. The lowest BCUT2D eigenvalue weighted by Gasteiger charge is -2.42. The van der Waals surface area contributed by atoms with Crippen molar-refractivity contribution in [2.45, 2.75) is 69.0 Å². The highest BCUT2D eigenvalue weighted by Crippen LogP contribution is 2.69. The SMILES string of the molecule is C=CCCOC(=O)[C@@H]1[C@H]2C(=O)N([C@@H](CC)CO)C(C(=O)N(CC=C)c3cc(C)ccc3C)C23S[C@@H]1CC3C. The molecule has 3 unspecified atom stereocenters. The van der Waals surface area contributed by atoms with E-state index in [9.17, 15) is 19.5 Å². The Labute approximate surface area is 230 Å². The van der Waals surface area contributed by atoms with E-state index >= 15 is 0 Å². The molecular formula is C30H40N2O5S. The number of likely N-dealkylation sites (tertiary alicyclic amines) is 1. The minimum absolute atomic E-state index is 0.0306. The van der Waals surface area contributed by atoms with Crippen LogP contribution in [-0.2, 0) is 19.1 Å². The predicted molar refractivity (Wildman–Crippen MR) is 151 cm³/mol. The molecule has 3 saturated heterocycles. The molecule has 8 heteroatoms. The van der Waals surface area contributed by atoms with Gasteiger partial charge < -0.3 is 19.6 Å². The maximum Gasteiger partial charge on any atom is 0.310 e. The Morgan fingerprint density at radius 1 is 1.32 bits per heavy atom. The normalized spacial score (nSPS) is 30.2. The van der Waals surface area contributed by atoms with Crippen molar-refractivity contribution < 1.29 is 24.2 Å². The number of aryl methyl sites for hydroxylation is 2. The van der Waals surface area contributed by atoms with Crippen LogP contribution >= 0.6 is 11.8 Å². The van der Waals surface area contributed by atoms with Gasteiger partial charge in [0.1, 0.15) is 6.04 Å². The number of benzene rings is 1. The number of hydrogen-bond donors (Lipinski definition) is 1. The Kier molecular flexibility index (Phi) is 8.43. The Morgan fingerprint density at radius 3 is 2.68 bits per heavy atom. The molecule has 38 heavy (non-hydrogen) atoms. The molecule has 3 aliphatic rings. The van der Waals surface area contributed by atoms with Crippen molar-refractivity contribution in [1.82, 2.24) is 4.90 Å². The Bertz CT molecular complexity index is 1120. The second kappa shape index (κ2) is 11.3. The highest BCUT2D eigenvalue weighted by molar-refractivity contribution is 8.02. The van der Waals surface area contributed by atoms with Gasteiger partial charge in [0.15, 0.2) is 0 Å². The van der Waals surface area contributed by atoms with Crippen LogP contribution in [0.25, 0.3) is 0 Å². The van der Waals surface area contributed by atoms with Crippen LogP contribution in [-0.4, -0.2) is 69.6 Å². The Balaban J connectivity index is 1.83. The largest absolute Gasteiger partial charge is 0.465 e. The molecule has 3 aliphatic heterocycles. The topological polar surface area (TPSA) is 87.1 Å². The van der Waals surface area contributed by atoms with Gasteiger partial charge in [0.2, 0.25) is 5.91 Å². The van der Waals surface area contributed by atoms with Crippen LogP contribution in [0.3, 0.4) is 0 Å². The zero-order valence-electron chi connectivity index (χ0n) is 22.9. The molecule has 1 aromatic carbocycles. The maximum absolute atomic E-state index is 14.7. The minimum Gasteiger partial charge on any atom is -0.465 e. The number of carbonyl (C=O) groups excluding carboxylic acids is 3. The molecule has 3 fully saturated rings. The second-order valence-electron chi connectivity index (χ2n) is 10.8. The first-order valence-electron chi connectivity index (χ1n) is 13.6. The molecule has 3 heterocycles. The molecule has 4 rings (SSSR count). The van der Waals surface area contributed by atoms with Crippen molar-refractivity contribution >= 4 is 35.2 Å². The molecule has 0 radical (unpaired) electrons. The van der Waals surface area contributed by atoms with Crippen LogP contribution in [0.2, 0.25) is 0 Å². The number of nitrogens with zero attached hydrogens (tertiary/aromatic N) is 2. The van der Waals surface area contributed by atoms with Crippen molar-refractivity contribution in [1.29, 1.82) is 0 Å². The van der Waals surface area contributed by atoms with Crippen molar-refractivity contribution in [3.8, 4) is 0 Å². The van der Waals surface area contributed by atoms with Crippen molar-refractivity contribution in [2.75, 3.05) is 24.7 Å². The van der Waals surface area contributed by atoms with E-state index in [1.807, 2.05) is 39.0 Å². The highest BCUT2D eigenvalue weighted by atomic mass is 32.2. The summed E-state index contributed by atoms with van der Waals surface area (Å²) in [5, 5.41) is 10.2. The lowest BCUT2D eigenvalue weighted by Crippen LogP contribution is -2.59. The molecule has 0 saturated carbocycles. The van der Waals surface area contributed by atoms with Gasteiger partial charge in [-0.05, 0) is 56.2 Å². The third kappa shape index (κ3) is 4.39. The van der Waals surface area contributed by atoms with Crippen LogP contribution in [0.5, 0.6) is 0 Å². The zero-order valence-corrected chi connectivity index (χ0v) is 23.7. The maximum atomic E-state index is 14.7. The molecule has 206 valence electrons. The zero-order chi connectivity index (χ0) is 27.8. The minimum atomic E-state index is -0.812. The molecule has 1 N–H and O–H groups in total. The monoisotopic (exact) mass is 540 g/mol. The van der Waals surface area contributed by atoms with Gasteiger partial charge >= 0.3 is 5.97 Å². The molecule has 2 amide bonds. The number of carbonyl (C=O) groups is 3. The summed E-state index contributed by atoms with van der Waals surface area (Å²) in [7, 11) is 0. The molecule has 1 aromatic rings. The van der Waals surface area contributed by atoms with Crippen LogP contribution < -0.4 is 4.90 Å². The summed E-state index contributed by atoms with van der Waals surface area (Å²) in [5.41, 5.74) is 2.76. The van der Waals surface area contributed by atoms with Gasteiger partial charge in [-0.1, -0.05) is 38.1 Å².